The molecule has 0 aliphatic heterocycles. The zero-order valence-corrected chi connectivity index (χ0v) is 21.5. The highest BCUT2D eigenvalue weighted by Gasteiger charge is 2.26. The largest absolute Gasteiger partial charge is 0.360 e. The maximum absolute atomic E-state index is 13.9. The SMILES string of the molecule is CC(Cc1ccc(Cl)cc1Cl)NC(C(=O)c1c[nH]c2cc(-c3cnn(C)c3)ccc12)c1ccccc1. The zero-order chi connectivity index (χ0) is 25.2. The molecule has 0 saturated carbocycles. The number of nitrogens with one attached hydrogen (secondary N) is 2. The van der Waals surface area contributed by atoms with Crippen LogP contribution in [-0.4, -0.2) is 26.6 Å². The number of aryl methyl sites for hydroxylation is 1. The minimum absolute atomic E-state index is 0.00984. The molecule has 36 heavy (non-hydrogen) atoms. The Kier molecular flexibility index (Phi) is 6.97. The molecule has 0 saturated heterocycles. The molecule has 0 fully saturated rings. The molecular formula is C29H26Cl2N4O. The smallest absolute Gasteiger partial charge is 0.186 e. The second kappa shape index (κ2) is 10.3. The van der Waals surface area contributed by atoms with Crippen molar-refractivity contribution in [1.82, 2.24) is 20.1 Å². The number of aromatic amines is 1. The molecule has 0 bridgehead atoms. The lowest BCUT2D eigenvalue weighted by molar-refractivity contribution is 0.0938. The first-order valence-electron chi connectivity index (χ1n) is 11.8. The molecule has 182 valence electrons. The number of fused-ring (bicyclic) bond motifs is 1. The summed E-state index contributed by atoms with van der Waals surface area (Å²) in [6.45, 7) is 2.06. The summed E-state index contributed by atoms with van der Waals surface area (Å²) in [5, 5.41) is 9.93. The molecule has 2 atom stereocenters. The van der Waals surface area contributed by atoms with Crippen LogP contribution < -0.4 is 5.32 Å². The van der Waals surface area contributed by atoms with Gasteiger partial charge < -0.3 is 10.3 Å². The first-order chi connectivity index (χ1) is 17.4. The summed E-state index contributed by atoms with van der Waals surface area (Å²) in [5.41, 5.74) is 5.53. The highest BCUT2D eigenvalue weighted by molar-refractivity contribution is 6.35. The van der Waals surface area contributed by atoms with Crippen LogP contribution in [-0.2, 0) is 13.5 Å². The van der Waals surface area contributed by atoms with Crippen LogP contribution in [0.4, 0.5) is 0 Å². The van der Waals surface area contributed by atoms with Gasteiger partial charge in [0, 0.05) is 57.6 Å². The van der Waals surface area contributed by atoms with Gasteiger partial charge in [0.1, 0.15) is 0 Å². The number of hydrogen-bond donors (Lipinski definition) is 2. The fourth-order valence-corrected chi connectivity index (χ4v) is 5.05. The van der Waals surface area contributed by atoms with E-state index in [4.69, 9.17) is 23.2 Å². The molecule has 5 aromatic rings. The molecule has 0 amide bonds. The van der Waals surface area contributed by atoms with Gasteiger partial charge in [0.15, 0.2) is 5.78 Å². The summed E-state index contributed by atoms with van der Waals surface area (Å²) in [6.07, 6.45) is 6.27. The van der Waals surface area contributed by atoms with Crippen molar-refractivity contribution in [2.75, 3.05) is 0 Å². The van der Waals surface area contributed by atoms with Crippen LogP contribution in [0.2, 0.25) is 10.0 Å². The third-order valence-corrected chi connectivity index (χ3v) is 6.96. The lowest BCUT2D eigenvalue weighted by atomic mass is 9.95. The number of H-pyrrole nitrogens is 1. The molecule has 5 rings (SSSR count). The number of Topliss-reactive ketones (excluding diaryl/α,β-unsaturated/α-hetero) is 1. The Balaban J connectivity index is 1.44. The molecule has 7 heteroatoms. The van der Waals surface area contributed by atoms with Crippen molar-refractivity contribution in [3.8, 4) is 11.1 Å². The van der Waals surface area contributed by atoms with Gasteiger partial charge in [-0.05, 0) is 48.2 Å². The standard InChI is InChI=1S/C29H26Cl2N4O/c1-18(12-21-8-10-23(30)14-26(21)31)34-28(19-6-4-3-5-7-19)29(36)25-16-32-27-13-20(9-11-24(25)27)22-15-33-35(2)17-22/h3-11,13-18,28,32,34H,12H2,1-2H3. The van der Waals surface area contributed by atoms with E-state index in [0.717, 1.165) is 33.2 Å². The first kappa shape index (κ1) is 24.3. The van der Waals surface area contributed by atoms with E-state index in [-0.39, 0.29) is 11.8 Å². The summed E-state index contributed by atoms with van der Waals surface area (Å²) in [5.74, 6) is 0.00984. The summed E-state index contributed by atoms with van der Waals surface area (Å²) >= 11 is 12.5. The third-order valence-electron chi connectivity index (χ3n) is 6.37. The second-order valence-electron chi connectivity index (χ2n) is 9.08. The van der Waals surface area contributed by atoms with Gasteiger partial charge in [-0.3, -0.25) is 9.48 Å². The normalized spacial score (nSPS) is 13.1. The van der Waals surface area contributed by atoms with E-state index in [1.807, 2.05) is 74.0 Å². The van der Waals surface area contributed by atoms with Crippen molar-refractivity contribution in [3.05, 3.63) is 112 Å². The molecule has 0 radical (unpaired) electrons. The molecule has 2 N–H and O–H groups in total. The van der Waals surface area contributed by atoms with Gasteiger partial charge in [-0.15, -0.1) is 0 Å². The zero-order valence-electron chi connectivity index (χ0n) is 20.0. The van der Waals surface area contributed by atoms with Crippen molar-refractivity contribution in [1.29, 1.82) is 0 Å². The molecule has 3 aromatic carbocycles. The Morgan fingerprint density at radius 1 is 1.06 bits per heavy atom. The van der Waals surface area contributed by atoms with E-state index >= 15 is 0 Å². The average molecular weight is 517 g/mol. The van der Waals surface area contributed by atoms with Gasteiger partial charge in [-0.2, -0.15) is 5.10 Å². The minimum atomic E-state index is -0.510. The fraction of sp³-hybridized carbons (Fsp3) is 0.172. The Bertz CT molecular complexity index is 1520. The quantitative estimate of drug-likeness (QED) is 0.218. The van der Waals surface area contributed by atoms with Crippen LogP contribution in [0, 0.1) is 0 Å². The second-order valence-corrected chi connectivity index (χ2v) is 9.92. The summed E-state index contributed by atoms with van der Waals surface area (Å²) < 4.78 is 1.78. The molecular weight excluding hydrogens is 491 g/mol. The Morgan fingerprint density at radius 2 is 1.86 bits per heavy atom. The predicted octanol–water partition coefficient (Wildman–Crippen LogP) is 7.02. The highest BCUT2D eigenvalue weighted by atomic mass is 35.5. The number of hydrogen-bond acceptors (Lipinski definition) is 3. The predicted molar refractivity (Wildman–Crippen MR) is 147 cm³/mol. The van der Waals surface area contributed by atoms with Gasteiger partial charge in [-0.1, -0.05) is 71.7 Å². The number of carbonyl (C=O) groups is 1. The summed E-state index contributed by atoms with van der Waals surface area (Å²) in [6, 6.07) is 20.9. The van der Waals surface area contributed by atoms with Gasteiger partial charge in [0.05, 0.1) is 12.2 Å². The number of aromatic nitrogens is 3. The number of halogens is 2. The topological polar surface area (TPSA) is 62.7 Å². The van der Waals surface area contributed by atoms with E-state index in [1.54, 1.807) is 16.9 Å². The molecule has 2 unspecified atom stereocenters. The van der Waals surface area contributed by atoms with Crippen LogP contribution in [0.1, 0.15) is 34.5 Å². The molecule has 0 spiro atoms. The van der Waals surface area contributed by atoms with E-state index in [0.29, 0.717) is 22.0 Å². The number of benzene rings is 3. The molecule has 2 heterocycles. The maximum Gasteiger partial charge on any atom is 0.186 e. The van der Waals surface area contributed by atoms with Crippen molar-refractivity contribution in [2.45, 2.75) is 25.4 Å². The lowest BCUT2D eigenvalue weighted by Crippen LogP contribution is -2.36. The molecule has 0 aliphatic rings. The van der Waals surface area contributed by atoms with Crippen molar-refractivity contribution < 1.29 is 4.79 Å². The lowest BCUT2D eigenvalue weighted by Gasteiger charge is -2.23. The van der Waals surface area contributed by atoms with Crippen molar-refractivity contribution >= 4 is 39.9 Å². The van der Waals surface area contributed by atoms with E-state index in [2.05, 4.69) is 28.4 Å². The van der Waals surface area contributed by atoms with Crippen LogP contribution in [0.5, 0.6) is 0 Å². The highest BCUT2D eigenvalue weighted by Crippen LogP contribution is 2.29. The molecule has 0 aliphatic carbocycles. The summed E-state index contributed by atoms with van der Waals surface area (Å²) in [7, 11) is 1.89. The van der Waals surface area contributed by atoms with E-state index in [9.17, 15) is 4.79 Å². The van der Waals surface area contributed by atoms with Crippen LogP contribution in [0.15, 0.2) is 85.3 Å². The van der Waals surface area contributed by atoms with E-state index < -0.39 is 6.04 Å². The summed E-state index contributed by atoms with van der Waals surface area (Å²) in [4.78, 5) is 17.2. The van der Waals surface area contributed by atoms with Crippen molar-refractivity contribution in [2.24, 2.45) is 7.05 Å². The van der Waals surface area contributed by atoms with E-state index in [1.165, 1.54) is 0 Å². The monoisotopic (exact) mass is 516 g/mol. The van der Waals surface area contributed by atoms with Crippen LogP contribution in [0.3, 0.4) is 0 Å². The maximum atomic E-state index is 13.9. The fourth-order valence-electron chi connectivity index (χ4n) is 4.56. The third kappa shape index (κ3) is 5.09. The van der Waals surface area contributed by atoms with Crippen LogP contribution in [0.25, 0.3) is 22.0 Å². The Labute approximate surface area is 220 Å². The van der Waals surface area contributed by atoms with Gasteiger partial charge in [-0.25, -0.2) is 0 Å². The van der Waals surface area contributed by atoms with Crippen LogP contribution >= 0.6 is 23.2 Å². The minimum Gasteiger partial charge on any atom is -0.360 e. The first-order valence-corrected chi connectivity index (χ1v) is 12.5. The number of carbonyl (C=O) groups excluding carboxylic acids is 1. The molecule has 5 nitrogen and oxygen atoms in total. The number of ketones is 1. The van der Waals surface area contributed by atoms with Gasteiger partial charge in [0.2, 0.25) is 0 Å². The molecule has 2 aromatic heterocycles. The van der Waals surface area contributed by atoms with Crippen molar-refractivity contribution in [3.63, 3.8) is 0 Å². The van der Waals surface area contributed by atoms with Gasteiger partial charge >= 0.3 is 0 Å². The van der Waals surface area contributed by atoms with Gasteiger partial charge in [0.25, 0.3) is 0 Å². The average Bonchev–Trinajstić information content (AvgIpc) is 3.50. The Morgan fingerprint density at radius 3 is 2.58 bits per heavy atom. The number of nitrogens with zero attached hydrogens (tertiary/aromatic N) is 2. The number of rotatable bonds is 8. The Hall–Kier alpha value is -3.38.